The second-order valence-corrected chi connectivity index (χ2v) is 6.40. The van der Waals surface area contributed by atoms with Gasteiger partial charge in [-0.15, -0.1) is 0 Å². The van der Waals surface area contributed by atoms with E-state index in [2.05, 4.69) is 103 Å². The lowest BCUT2D eigenvalue weighted by molar-refractivity contribution is 0.728. The summed E-state index contributed by atoms with van der Waals surface area (Å²) in [4.78, 5) is 2.34. The van der Waals surface area contributed by atoms with E-state index in [-0.39, 0.29) is 0 Å². The van der Waals surface area contributed by atoms with Gasteiger partial charge in [0.1, 0.15) is 0 Å². The fourth-order valence-electron chi connectivity index (χ4n) is 3.22. The normalized spacial score (nSPS) is 16.9. The molecule has 3 aromatic rings. The van der Waals surface area contributed by atoms with Crippen LogP contribution in [0, 0.1) is 5.92 Å². The number of hydrogen-bond donors (Lipinski definition) is 0. The zero-order valence-corrected chi connectivity index (χ0v) is 13.9. The summed E-state index contributed by atoms with van der Waals surface area (Å²) in [5.41, 5.74) is 3.64. The van der Waals surface area contributed by atoms with E-state index in [0.29, 0.717) is 5.92 Å². The van der Waals surface area contributed by atoms with Crippen LogP contribution in [-0.2, 0) is 0 Å². The Balaban J connectivity index is 1.84. The average molecular weight is 311 g/mol. The molecule has 0 fully saturated rings. The molecule has 0 aromatic heterocycles. The molecule has 0 saturated heterocycles. The molecule has 0 N–H and O–H groups in total. The van der Waals surface area contributed by atoms with Crippen molar-refractivity contribution in [3.8, 4) is 0 Å². The van der Waals surface area contributed by atoms with E-state index in [1.807, 2.05) is 0 Å². The number of allylic oxidation sites excluding steroid dienone is 3. The van der Waals surface area contributed by atoms with Gasteiger partial charge in [0.25, 0.3) is 0 Å². The first-order chi connectivity index (χ1) is 11.8. The van der Waals surface area contributed by atoms with Gasteiger partial charge in [-0.25, -0.2) is 0 Å². The summed E-state index contributed by atoms with van der Waals surface area (Å²) in [5.74, 6) is 0.614. The van der Waals surface area contributed by atoms with Gasteiger partial charge in [0.2, 0.25) is 0 Å². The molecule has 118 valence electrons. The summed E-state index contributed by atoms with van der Waals surface area (Å²) in [6.45, 7) is 2.26. The Hall–Kier alpha value is -2.80. The molecular weight excluding hydrogens is 290 g/mol. The third-order valence-electron chi connectivity index (χ3n) is 4.56. The van der Waals surface area contributed by atoms with E-state index < -0.39 is 0 Å². The molecular formula is C23H21N. The molecule has 1 heteroatoms. The van der Waals surface area contributed by atoms with Gasteiger partial charge in [-0.2, -0.15) is 0 Å². The van der Waals surface area contributed by atoms with E-state index in [0.717, 1.165) is 6.42 Å². The highest BCUT2D eigenvalue weighted by Crippen LogP contribution is 2.34. The first-order valence-corrected chi connectivity index (χ1v) is 8.53. The highest BCUT2D eigenvalue weighted by Gasteiger charge is 2.15. The van der Waals surface area contributed by atoms with Crippen LogP contribution in [0.2, 0.25) is 0 Å². The third-order valence-corrected chi connectivity index (χ3v) is 4.56. The summed E-state index contributed by atoms with van der Waals surface area (Å²) in [5, 5.41) is 2.54. The quantitative estimate of drug-likeness (QED) is 0.536. The van der Waals surface area contributed by atoms with Crippen molar-refractivity contribution in [3.05, 3.63) is 96.7 Å². The Kier molecular flexibility index (Phi) is 3.92. The average Bonchev–Trinajstić information content (AvgIpc) is 2.64. The Bertz CT molecular complexity index is 905. The predicted molar refractivity (Wildman–Crippen MR) is 104 cm³/mol. The molecule has 0 bridgehead atoms. The zero-order valence-electron chi connectivity index (χ0n) is 13.9. The van der Waals surface area contributed by atoms with Crippen molar-refractivity contribution >= 4 is 22.1 Å². The molecule has 0 spiro atoms. The molecule has 4 rings (SSSR count). The fourth-order valence-corrected chi connectivity index (χ4v) is 3.22. The first-order valence-electron chi connectivity index (χ1n) is 8.53. The molecule has 3 aromatic carbocycles. The van der Waals surface area contributed by atoms with Crippen LogP contribution >= 0.6 is 0 Å². The van der Waals surface area contributed by atoms with Crippen molar-refractivity contribution < 1.29 is 0 Å². The van der Waals surface area contributed by atoms with Gasteiger partial charge in [0, 0.05) is 17.1 Å². The predicted octanol–water partition coefficient (Wildman–Crippen LogP) is 6.46. The second-order valence-electron chi connectivity index (χ2n) is 6.40. The molecule has 0 aliphatic heterocycles. The number of para-hydroxylation sites is 1. The largest absolute Gasteiger partial charge is 0.311 e. The molecule has 0 saturated carbocycles. The van der Waals surface area contributed by atoms with E-state index in [1.54, 1.807) is 0 Å². The monoisotopic (exact) mass is 311 g/mol. The number of nitrogens with zero attached hydrogens (tertiary/aromatic N) is 1. The molecule has 1 nitrogen and oxygen atoms in total. The molecule has 0 heterocycles. The van der Waals surface area contributed by atoms with Gasteiger partial charge in [-0.1, -0.05) is 67.6 Å². The lowest BCUT2D eigenvalue weighted by Crippen LogP contribution is -2.17. The third kappa shape index (κ3) is 2.85. The smallest absolute Gasteiger partial charge is 0.0467 e. The molecule has 1 aliphatic carbocycles. The minimum atomic E-state index is 0.614. The lowest BCUT2D eigenvalue weighted by Gasteiger charge is -2.28. The minimum Gasteiger partial charge on any atom is -0.311 e. The highest BCUT2D eigenvalue weighted by molar-refractivity contribution is 5.87. The SMILES string of the molecule is CC1C=CC(N(c2ccccc2)c2ccc3ccccc3c2)=CC1. The minimum absolute atomic E-state index is 0.614. The maximum atomic E-state index is 2.34. The highest BCUT2D eigenvalue weighted by atomic mass is 15.1. The van der Waals surface area contributed by atoms with Gasteiger partial charge in [0.15, 0.2) is 0 Å². The number of anilines is 2. The van der Waals surface area contributed by atoms with Crippen molar-refractivity contribution in [1.82, 2.24) is 0 Å². The van der Waals surface area contributed by atoms with Crippen LogP contribution in [-0.4, -0.2) is 0 Å². The van der Waals surface area contributed by atoms with Crippen LogP contribution in [0.3, 0.4) is 0 Å². The zero-order chi connectivity index (χ0) is 16.4. The van der Waals surface area contributed by atoms with Crippen molar-refractivity contribution in [1.29, 1.82) is 0 Å². The second kappa shape index (κ2) is 6.37. The van der Waals surface area contributed by atoms with Crippen LogP contribution in [0.25, 0.3) is 10.8 Å². The summed E-state index contributed by atoms with van der Waals surface area (Å²) >= 11 is 0. The van der Waals surface area contributed by atoms with Gasteiger partial charge in [-0.3, -0.25) is 0 Å². The van der Waals surface area contributed by atoms with E-state index in [1.165, 1.54) is 27.8 Å². The van der Waals surface area contributed by atoms with Crippen LogP contribution < -0.4 is 4.90 Å². The van der Waals surface area contributed by atoms with Crippen molar-refractivity contribution in [2.75, 3.05) is 4.90 Å². The van der Waals surface area contributed by atoms with Crippen LogP contribution in [0.1, 0.15) is 13.3 Å². The number of hydrogen-bond acceptors (Lipinski definition) is 1. The number of rotatable bonds is 3. The summed E-state index contributed by atoms with van der Waals surface area (Å²) in [7, 11) is 0. The first kappa shape index (κ1) is 14.8. The van der Waals surface area contributed by atoms with E-state index in [9.17, 15) is 0 Å². The number of benzene rings is 3. The molecule has 0 amide bonds. The standard InChI is InChI=1S/C23H21N/c1-18-11-14-22(15-12-18)24(21-9-3-2-4-10-21)23-16-13-19-7-5-6-8-20(19)17-23/h2-11,13-18H,12H2,1H3. The summed E-state index contributed by atoms with van der Waals surface area (Å²) in [6.07, 6.45) is 7.97. The van der Waals surface area contributed by atoms with Crippen molar-refractivity contribution in [2.24, 2.45) is 5.92 Å². The Morgan fingerprint density at radius 3 is 2.29 bits per heavy atom. The maximum Gasteiger partial charge on any atom is 0.0467 e. The van der Waals surface area contributed by atoms with Gasteiger partial charge < -0.3 is 4.90 Å². The number of fused-ring (bicyclic) bond motifs is 1. The van der Waals surface area contributed by atoms with Gasteiger partial charge >= 0.3 is 0 Å². The van der Waals surface area contributed by atoms with Gasteiger partial charge in [-0.05, 0) is 53.5 Å². The van der Waals surface area contributed by atoms with Crippen LogP contribution in [0.15, 0.2) is 96.7 Å². The molecule has 24 heavy (non-hydrogen) atoms. The Labute approximate surface area is 143 Å². The molecule has 1 aliphatic rings. The summed E-state index contributed by atoms with van der Waals surface area (Å²) in [6, 6.07) is 25.8. The molecule has 1 unspecified atom stereocenters. The van der Waals surface area contributed by atoms with E-state index in [4.69, 9.17) is 0 Å². The fraction of sp³-hybridized carbons (Fsp3) is 0.130. The molecule has 1 atom stereocenters. The van der Waals surface area contributed by atoms with Crippen molar-refractivity contribution in [3.63, 3.8) is 0 Å². The Morgan fingerprint density at radius 2 is 1.54 bits per heavy atom. The maximum absolute atomic E-state index is 2.34. The van der Waals surface area contributed by atoms with E-state index >= 15 is 0 Å². The molecule has 0 radical (unpaired) electrons. The lowest BCUT2D eigenvalue weighted by atomic mass is 10.00. The topological polar surface area (TPSA) is 3.24 Å². The Morgan fingerprint density at radius 1 is 0.792 bits per heavy atom. The van der Waals surface area contributed by atoms with Crippen LogP contribution in [0.5, 0.6) is 0 Å². The van der Waals surface area contributed by atoms with Crippen molar-refractivity contribution in [2.45, 2.75) is 13.3 Å². The van der Waals surface area contributed by atoms with Gasteiger partial charge in [0.05, 0.1) is 0 Å². The summed E-state index contributed by atoms with van der Waals surface area (Å²) < 4.78 is 0. The van der Waals surface area contributed by atoms with Crippen LogP contribution in [0.4, 0.5) is 11.4 Å².